The quantitative estimate of drug-likeness (QED) is 0.104. The number of pyridine rings is 1. The Hall–Kier alpha value is -5.48. The SMILES string of the molecule is C=Nn1c(/C=C(\C)C#N)ccc1-c1cc(NC)c(-c2nnc([C@H]3CC[C@H](C(=O)N4CCC(C)=C(/C=C\C(=C)[C@H]5CCC(=O)NC5=O)C4)CC3)s2)cn1. The maximum Gasteiger partial charge on any atom is 0.234 e. The van der Waals surface area contributed by atoms with Crippen molar-refractivity contribution in [2.45, 2.75) is 64.7 Å². The molecular formula is C39H43N9O3S. The van der Waals surface area contributed by atoms with Crippen molar-refractivity contribution in [1.82, 2.24) is 30.1 Å². The van der Waals surface area contributed by atoms with Crippen molar-refractivity contribution in [1.29, 1.82) is 5.26 Å². The van der Waals surface area contributed by atoms with Gasteiger partial charge in [-0.05, 0) is 87.8 Å². The van der Waals surface area contributed by atoms with Gasteiger partial charge in [0.15, 0.2) is 5.01 Å². The molecule has 268 valence electrons. The molecule has 1 atom stereocenters. The van der Waals surface area contributed by atoms with Gasteiger partial charge in [-0.15, -0.1) is 10.2 Å². The average Bonchev–Trinajstić information content (AvgIpc) is 3.81. The number of nitriles is 1. The molecule has 2 aliphatic heterocycles. The van der Waals surface area contributed by atoms with Gasteiger partial charge in [-0.1, -0.05) is 35.6 Å². The first kappa shape index (κ1) is 36.3. The number of hydrogen-bond donors (Lipinski definition) is 2. The summed E-state index contributed by atoms with van der Waals surface area (Å²) in [6, 6.07) is 7.86. The van der Waals surface area contributed by atoms with Crippen molar-refractivity contribution >= 4 is 47.5 Å². The average molecular weight is 718 g/mol. The third-order valence-corrected chi connectivity index (χ3v) is 11.4. The third-order valence-electron chi connectivity index (χ3n) is 10.3. The van der Waals surface area contributed by atoms with Gasteiger partial charge >= 0.3 is 0 Å². The minimum Gasteiger partial charge on any atom is -0.387 e. The second-order valence-electron chi connectivity index (χ2n) is 13.6. The number of allylic oxidation sites excluding steroid dienone is 2. The van der Waals surface area contributed by atoms with Crippen LogP contribution in [0.4, 0.5) is 5.69 Å². The summed E-state index contributed by atoms with van der Waals surface area (Å²) >= 11 is 1.57. The molecule has 13 heteroatoms. The summed E-state index contributed by atoms with van der Waals surface area (Å²) in [5.41, 5.74) is 7.43. The lowest BCUT2D eigenvalue weighted by Crippen LogP contribution is -2.41. The van der Waals surface area contributed by atoms with E-state index in [0.717, 1.165) is 70.3 Å². The summed E-state index contributed by atoms with van der Waals surface area (Å²) in [5, 5.41) is 29.9. The van der Waals surface area contributed by atoms with Gasteiger partial charge in [0, 0.05) is 62.6 Å². The standard InChI is InChI=1S/C39H43N9O3S/c1-23(20-40)18-29-12-14-34(48(29)42-5)33-19-32(41-4)31(21-43-33)38-46-45-37(52-38)26-8-10-27(11-9-26)39(51)47-17-16-24(2)28(22-47)7-6-25(3)30-13-15-35(49)44-36(30)50/h6-7,12,14,18-19,21,26-27,30H,3,5,8-11,13,15-17,22H2,1-2,4H3,(H,41,43)(H,44,49,50)/b7-6-,23-18+/t26-,27-,30-/m1/s1. The van der Waals surface area contributed by atoms with Crippen molar-refractivity contribution in [3.8, 4) is 28.0 Å². The summed E-state index contributed by atoms with van der Waals surface area (Å²) in [7, 11) is 1.86. The van der Waals surface area contributed by atoms with Crippen LogP contribution in [0.15, 0.2) is 70.5 Å². The number of carbonyl (C=O) groups is 3. The molecule has 2 N–H and O–H groups in total. The highest BCUT2D eigenvalue weighted by Crippen LogP contribution is 2.41. The van der Waals surface area contributed by atoms with Gasteiger partial charge in [-0.3, -0.25) is 24.7 Å². The van der Waals surface area contributed by atoms with E-state index in [2.05, 4.69) is 52.2 Å². The molecule has 3 aliphatic rings. The molecule has 2 fully saturated rings. The predicted molar refractivity (Wildman–Crippen MR) is 203 cm³/mol. The molecule has 3 amide bonds. The van der Waals surface area contributed by atoms with Gasteiger partial charge in [-0.25, -0.2) is 4.68 Å². The molecule has 6 rings (SSSR count). The fourth-order valence-corrected chi connectivity index (χ4v) is 8.16. The number of imide groups is 1. The third kappa shape index (κ3) is 7.72. The smallest absolute Gasteiger partial charge is 0.234 e. The fraction of sp³-hybridized carbons (Fsp3) is 0.385. The van der Waals surface area contributed by atoms with Crippen LogP contribution in [-0.4, -0.2) is 69.3 Å². The zero-order chi connectivity index (χ0) is 36.9. The highest BCUT2D eigenvalue weighted by Gasteiger charge is 2.33. The molecule has 5 heterocycles. The molecule has 3 aromatic rings. The van der Waals surface area contributed by atoms with Crippen LogP contribution in [0.2, 0.25) is 0 Å². The van der Waals surface area contributed by atoms with Gasteiger partial charge in [0.05, 0.1) is 34.6 Å². The Morgan fingerprint density at radius 1 is 1.17 bits per heavy atom. The number of hydrogen-bond acceptors (Lipinski definition) is 10. The van der Waals surface area contributed by atoms with Crippen molar-refractivity contribution in [2.75, 3.05) is 25.5 Å². The lowest BCUT2D eigenvalue weighted by Gasteiger charge is -2.34. The van der Waals surface area contributed by atoms with E-state index >= 15 is 0 Å². The molecule has 1 saturated heterocycles. The first-order valence-electron chi connectivity index (χ1n) is 17.6. The Bertz CT molecular complexity index is 2060. The van der Waals surface area contributed by atoms with Crippen molar-refractivity contribution in [3.05, 3.63) is 76.1 Å². The lowest BCUT2D eigenvalue weighted by molar-refractivity contribution is -0.137. The zero-order valence-corrected chi connectivity index (χ0v) is 30.6. The predicted octanol–water partition coefficient (Wildman–Crippen LogP) is 6.49. The number of amides is 3. The minimum atomic E-state index is -0.407. The van der Waals surface area contributed by atoms with Crippen LogP contribution in [0.5, 0.6) is 0 Å². The van der Waals surface area contributed by atoms with E-state index < -0.39 is 5.92 Å². The number of piperidine rings is 1. The van der Waals surface area contributed by atoms with Gasteiger partial charge in [0.25, 0.3) is 0 Å². The Labute approximate surface area is 307 Å². The Balaban J connectivity index is 1.07. The van der Waals surface area contributed by atoms with Crippen LogP contribution in [0.25, 0.3) is 28.0 Å². The molecule has 12 nitrogen and oxygen atoms in total. The van der Waals surface area contributed by atoms with Gasteiger partial charge < -0.3 is 10.2 Å². The van der Waals surface area contributed by atoms with Crippen LogP contribution in [0, 0.1) is 23.2 Å². The van der Waals surface area contributed by atoms with Crippen LogP contribution in [-0.2, 0) is 14.4 Å². The Kier molecular flexibility index (Phi) is 11.0. The summed E-state index contributed by atoms with van der Waals surface area (Å²) < 4.78 is 1.66. The number of anilines is 1. The molecule has 3 aromatic heterocycles. The summed E-state index contributed by atoms with van der Waals surface area (Å²) in [5.74, 6) is -0.528. The van der Waals surface area contributed by atoms with Crippen LogP contribution in [0.1, 0.15) is 75.4 Å². The Morgan fingerprint density at radius 3 is 2.67 bits per heavy atom. The molecule has 0 unspecified atom stereocenters. The maximum atomic E-state index is 13.7. The van der Waals surface area contributed by atoms with Crippen molar-refractivity contribution < 1.29 is 14.4 Å². The topological polar surface area (TPSA) is 158 Å². The van der Waals surface area contributed by atoms with E-state index in [4.69, 9.17) is 4.98 Å². The van der Waals surface area contributed by atoms with E-state index in [1.807, 2.05) is 42.3 Å². The normalized spacial score (nSPS) is 21.2. The minimum absolute atomic E-state index is 0.0258. The highest BCUT2D eigenvalue weighted by atomic mass is 32.1. The lowest BCUT2D eigenvalue weighted by atomic mass is 9.81. The molecule has 0 aromatic carbocycles. The number of nitrogens with zero attached hydrogens (tertiary/aromatic N) is 7. The molecule has 0 bridgehead atoms. The second-order valence-corrected chi connectivity index (χ2v) is 14.6. The zero-order valence-electron chi connectivity index (χ0n) is 29.8. The molecule has 1 aliphatic carbocycles. The maximum absolute atomic E-state index is 13.7. The van der Waals surface area contributed by atoms with Crippen molar-refractivity contribution in [3.63, 3.8) is 0 Å². The summed E-state index contributed by atoms with van der Waals surface area (Å²) in [6.07, 6.45) is 12.3. The molecule has 0 radical (unpaired) electrons. The second kappa shape index (κ2) is 15.8. The largest absolute Gasteiger partial charge is 0.387 e. The van der Waals surface area contributed by atoms with Gasteiger partial charge in [-0.2, -0.15) is 10.4 Å². The van der Waals surface area contributed by atoms with Crippen molar-refractivity contribution in [2.24, 2.45) is 16.9 Å². The number of carbonyl (C=O) groups excluding carboxylic acids is 3. The fourth-order valence-electron chi connectivity index (χ4n) is 7.12. The van der Waals surface area contributed by atoms with E-state index in [0.29, 0.717) is 42.8 Å². The van der Waals surface area contributed by atoms with Crippen LogP contribution >= 0.6 is 11.3 Å². The molecule has 1 saturated carbocycles. The monoisotopic (exact) mass is 717 g/mol. The van der Waals surface area contributed by atoms with E-state index in [-0.39, 0.29) is 29.6 Å². The first-order valence-corrected chi connectivity index (χ1v) is 18.4. The first-order chi connectivity index (χ1) is 25.1. The van der Waals surface area contributed by atoms with E-state index in [1.165, 1.54) is 5.57 Å². The molecular weight excluding hydrogens is 675 g/mol. The number of nitrogens with one attached hydrogen (secondary N) is 2. The number of aromatic nitrogens is 4. The molecule has 52 heavy (non-hydrogen) atoms. The van der Waals surface area contributed by atoms with E-state index in [1.54, 1.807) is 35.2 Å². The molecule has 0 spiro atoms. The van der Waals surface area contributed by atoms with E-state index in [9.17, 15) is 19.6 Å². The highest BCUT2D eigenvalue weighted by molar-refractivity contribution is 7.14. The summed E-state index contributed by atoms with van der Waals surface area (Å²) in [4.78, 5) is 44.2. The van der Waals surface area contributed by atoms with Gasteiger partial charge in [0.2, 0.25) is 17.7 Å². The summed E-state index contributed by atoms with van der Waals surface area (Å²) in [6.45, 7) is 12.9. The van der Waals surface area contributed by atoms with Crippen LogP contribution in [0.3, 0.4) is 0 Å². The van der Waals surface area contributed by atoms with Gasteiger partial charge in [0.1, 0.15) is 5.01 Å². The number of rotatable bonds is 10. The Morgan fingerprint density at radius 2 is 1.96 bits per heavy atom. The van der Waals surface area contributed by atoms with Crippen LogP contribution < -0.4 is 10.6 Å².